The topological polar surface area (TPSA) is 55.8 Å². The molecule has 0 aliphatic carbocycles. The zero-order chi connectivity index (χ0) is 20.6. The van der Waals surface area contributed by atoms with Crippen LogP contribution in [0.1, 0.15) is 35.7 Å². The van der Waals surface area contributed by atoms with Crippen LogP contribution in [0.25, 0.3) is 6.08 Å². The lowest BCUT2D eigenvalue weighted by Crippen LogP contribution is -2.39. The van der Waals surface area contributed by atoms with Gasteiger partial charge < -0.3 is 14.4 Å². The van der Waals surface area contributed by atoms with Crippen molar-refractivity contribution in [2.24, 2.45) is 5.92 Å². The van der Waals surface area contributed by atoms with Crippen molar-refractivity contribution in [3.8, 4) is 11.5 Å². The minimum absolute atomic E-state index is 0.0192. The Morgan fingerprint density at radius 2 is 1.62 bits per heavy atom. The van der Waals surface area contributed by atoms with Gasteiger partial charge in [-0.3, -0.25) is 9.59 Å². The summed E-state index contributed by atoms with van der Waals surface area (Å²) in [6.45, 7) is 3.77. The van der Waals surface area contributed by atoms with E-state index in [4.69, 9.17) is 9.47 Å². The molecule has 0 unspecified atom stereocenters. The normalized spacial score (nSPS) is 14.8. The Morgan fingerprint density at radius 3 is 2.21 bits per heavy atom. The molecule has 0 N–H and O–H groups in total. The predicted octanol–water partition coefficient (Wildman–Crippen LogP) is 4.23. The molecule has 3 rings (SSSR count). The molecule has 2 aromatic rings. The lowest BCUT2D eigenvalue weighted by molar-refractivity contribution is -0.127. The number of ether oxygens (including phenoxy) is 2. The fourth-order valence-electron chi connectivity index (χ4n) is 3.47. The van der Waals surface area contributed by atoms with Crippen molar-refractivity contribution in [2.75, 3.05) is 26.8 Å². The molecule has 5 nitrogen and oxygen atoms in total. The molecule has 1 heterocycles. The van der Waals surface area contributed by atoms with Crippen LogP contribution in [0.15, 0.2) is 54.6 Å². The van der Waals surface area contributed by atoms with Crippen LogP contribution < -0.4 is 9.47 Å². The largest absolute Gasteiger partial charge is 0.497 e. The Bertz CT molecular complexity index is 847. The van der Waals surface area contributed by atoms with Crippen LogP contribution in [-0.2, 0) is 4.79 Å². The summed E-state index contributed by atoms with van der Waals surface area (Å²) < 4.78 is 10.6. The monoisotopic (exact) mass is 393 g/mol. The van der Waals surface area contributed by atoms with Crippen LogP contribution >= 0.6 is 0 Å². The summed E-state index contributed by atoms with van der Waals surface area (Å²) in [6, 6.07) is 14.8. The standard InChI is InChI=1S/C24H27NO4/c1-3-29-22-9-4-18(5-10-22)6-13-23(26)25-16-14-20(15-17-25)24(27)19-7-11-21(28-2)12-8-19/h4-13,20H,3,14-17H2,1-2H3. The van der Waals surface area contributed by atoms with Crippen molar-refractivity contribution >= 4 is 17.8 Å². The van der Waals surface area contributed by atoms with Gasteiger partial charge in [-0.2, -0.15) is 0 Å². The van der Waals surface area contributed by atoms with E-state index < -0.39 is 0 Å². The van der Waals surface area contributed by atoms with Crippen LogP contribution in [0.2, 0.25) is 0 Å². The van der Waals surface area contributed by atoms with E-state index in [0.29, 0.717) is 38.1 Å². The summed E-state index contributed by atoms with van der Waals surface area (Å²) in [6.07, 6.45) is 4.79. The third kappa shape index (κ3) is 5.47. The van der Waals surface area contributed by atoms with Crippen LogP contribution in [0.3, 0.4) is 0 Å². The van der Waals surface area contributed by atoms with E-state index in [1.165, 1.54) is 0 Å². The first-order valence-electron chi connectivity index (χ1n) is 9.99. The number of hydrogen-bond donors (Lipinski definition) is 0. The second-order valence-corrected chi connectivity index (χ2v) is 7.03. The van der Waals surface area contributed by atoms with Crippen LogP contribution in [0.5, 0.6) is 11.5 Å². The molecule has 2 aromatic carbocycles. The molecule has 0 aromatic heterocycles. The number of rotatable bonds is 7. The van der Waals surface area contributed by atoms with Crippen LogP contribution in [0, 0.1) is 5.92 Å². The van der Waals surface area contributed by atoms with Crippen LogP contribution in [0.4, 0.5) is 0 Å². The van der Waals surface area contributed by atoms with Crippen molar-refractivity contribution in [2.45, 2.75) is 19.8 Å². The van der Waals surface area contributed by atoms with E-state index in [-0.39, 0.29) is 17.6 Å². The Balaban J connectivity index is 1.51. The summed E-state index contributed by atoms with van der Waals surface area (Å²) in [5, 5.41) is 0. The summed E-state index contributed by atoms with van der Waals surface area (Å²) in [5.41, 5.74) is 1.65. The fraction of sp³-hybridized carbons (Fsp3) is 0.333. The zero-order valence-electron chi connectivity index (χ0n) is 17.0. The number of likely N-dealkylation sites (tertiary alicyclic amines) is 1. The van der Waals surface area contributed by atoms with Gasteiger partial charge >= 0.3 is 0 Å². The van der Waals surface area contributed by atoms with Gasteiger partial charge in [-0.1, -0.05) is 12.1 Å². The number of carbonyl (C=O) groups excluding carboxylic acids is 2. The van der Waals surface area contributed by atoms with E-state index in [9.17, 15) is 9.59 Å². The molecule has 5 heteroatoms. The maximum Gasteiger partial charge on any atom is 0.246 e. The molecule has 1 saturated heterocycles. The number of piperidine rings is 1. The minimum atomic E-state index is -0.0393. The van der Waals surface area contributed by atoms with Gasteiger partial charge in [-0.05, 0) is 67.8 Å². The minimum Gasteiger partial charge on any atom is -0.497 e. The molecule has 0 bridgehead atoms. The highest BCUT2D eigenvalue weighted by Gasteiger charge is 2.27. The average molecular weight is 393 g/mol. The van der Waals surface area contributed by atoms with Gasteiger partial charge in [-0.15, -0.1) is 0 Å². The van der Waals surface area contributed by atoms with Gasteiger partial charge in [0.1, 0.15) is 11.5 Å². The summed E-state index contributed by atoms with van der Waals surface area (Å²) in [7, 11) is 1.61. The number of nitrogens with zero attached hydrogens (tertiary/aromatic N) is 1. The highest BCUT2D eigenvalue weighted by atomic mass is 16.5. The predicted molar refractivity (Wildman–Crippen MR) is 113 cm³/mol. The maximum atomic E-state index is 12.7. The van der Waals surface area contributed by atoms with Crippen LogP contribution in [-0.4, -0.2) is 43.4 Å². The van der Waals surface area contributed by atoms with Gasteiger partial charge in [0, 0.05) is 30.6 Å². The highest BCUT2D eigenvalue weighted by Crippen LogP contribution is 2.23. The molecule has 0 atom stereocenters. The zero-order valence-corrected chi connectivity index (χ0v) is 17.0. The average Bonchev–Trinajstić information content (AvgIpc) is 2.78. The molecule has 0 spiro atoms. The number of carbonyl (C=O) groups is 2. The molecule has 1 aliphatic rings. The number of ketones is 1. The number of amides is 1. The van der Waals surface area contributed by atoms with E-state index in [0.717, 1.165) is 17.1 Å². The fourth-order valence-corrected chi connectivity index (χ4v) is 3.47. The molecule has 1 fully saturated rings. The van der Waals surface area contributed by atoms with Gasteiger partial charge in [-0.25, -0.2) is 0 Å². The van der Waals surface area contributed by atoms with E-state index in [2.05, 4.69) is 0 Å². The number of Topliss-reactive ketones (excluding diaryl/α,β-unsaturated/α-hetero) is 1. The molecular formula is C24H27NO4. The van der Waals surface area contributed by atoms with Gasteiger partial charge in [0.25, 0.3) is 0 Å². The summed E-state index contributed by atoms with van der Waals surface area (Å²) >= 11 is 0. The third-order valence-corrected chi connectivity index (χ3v) is 5.16. The SMILES string of the molecule is CCOc1ccc(C=CC(=O)N2CCC(C(=O)c3ccc(OC)cc3)CC2)cc1. The highest BCUT2D eigenvalue weighted by molar-refractivity contribution is 5.98. The molecule has 152 valence electrons. The Labute approximate surface area is 171 Å². The number of hydrogen-bond acceptors (Lipinski definition) is 4. The first-order valence-corrected chi connectivity index (χ1v) is 9.99. The lowest BCUT2D eigenvalue weighted by Gasteiger charge is -2.30. The summed E-state index contributed by atoms with van der Waals surface area (Å²) in [5.74, 6) is 1.64. The molecule has 0 saturated carbocycles. The van der Waals surface area contributed by atoms with E-state index in [1.54, 1.807) is 37.5 Å². The van der Waals surface area contributed by atoms with Gasteiger partial charge in [0.15, 0.2) is 5.78 Å². The lowest BCUT2D eigenvalue weighted by atomic mass is 9.89. The van der Waals surface area contributed by atoms with Crippen molar-refractivity contribution in [3.63, 3.8) is 0 Å². The molecular weight excluding hydrogens is 366 g/mol. The number of methoxy groups -OCH3 is 1. The quantitative estimate of drug-likeness (QED) is 0.522. The Kier molecular flexibility index (Phi) is 7.06. The van der Waals surface area contributed by atoms with E-state index in [1.807, 2.05) is 42.2 Å². The molecule has 0 radical (unpaired) electrons. The second kappa shape index (κ2) is 9.92. The molecule has 29 heavy (non-hydrogen) atoms. The first kappa shape index (κ1) is 20.6. The molecule has 1 aliphatic heterocycles. The summed E-state index contributed by atoms with van der Waals surface area (Å²) in [4.78, 5) is 27.0. The Hall–Kier alpha value is -3.08. The maximum absolute atomic E-state index is 12.7. The third-order valence-electron chi connectivity index (χ3n) is 5.16. The van der Waals surface area contributed by atoms with E-state index >= 15 is 0 Å². The Morgan fingerprint density at radius 1 is 1.00 bits per heavy atom. The molecule has 1 amide bonds. The van der Waals surface area contributed by atoms with Crippen molar-refractivity contribution in [3.05, 3.63) is 65.7 Å². The van der Waals surface area contributed by atoms with Crippen molar-refractivity contribution in [1.29, 1.82) is 0 Å². The van der Waals surface area contributed by atoms with Crippen molar-refractivity contribution < 1.29 is 19.1 Å². The van der Waals surface area contributed by atoms with Gasteiger partial charge in [0.05, 0.1) is 13.7 Å². The number of benzene rings is 2. The smallest absolute Gasteiger partial charge is 0.246 e. The van der Waals surface area contributed by atoms with Crippen molar-refractivity contribution in [1.82, 2.24) is 4.90 Å². The van der Waals surface area contributed by atoms with Gasteiger partial charge in [0.2, 0.25) is 5.91 Å². The first-order chi connectivity index (χ1) is 14.1. The second-order valence-electron chi connectivity index (χ2n) is 7.03.